The summed E-state index contributed by atoms with van der Waals surface area (Å²) in [7, 11) is -3.10. The van der Waals surface area contributed by atoms with Crippen LogP contribution in [0.15, 0.2) is 24.3 Å². The van der Waals surface area contributed by atoms with Crippen molar-refractivity contribution < 1.29 is 28.9 Å². The van der Waals surface area contributed by atoms with Crippen LogP contribution in [0, 0.1) is 0 Å². The van der Waals surface area contributed by atoms with Crippen molar-refractivity contribution in [1.29, 1.82) is 0 Å². The van der Waals surface area contributed by atoms with Gasteiger partial charge in [-0.1, -0.05) is 54.8 Å². The summed E-state index contributed by atoms with van der Waals surface area (Å²) in [6, 6.07) is 6.24. The van der Waals surface area contributed by atoms with Crippen molar-refractivity contribution in [2.45, 2.75) is 68.8 Å². The minimum atomic E-state index is -3.10. The third-order valence-electron chi connectivity index (χ3n) is 5.79. The standard InChI is InChI=1S/C17H21ClN2O2S.C5H12NO4P.H3N/c1-11-15(12-7-9-13(18)10-8-12)23-17(22)20(11)16(21)19-14-5-3-2-4-6-14;1-11(9,10)3-2-4(6)5(7)8;/h7-11,14-15H,2-6H2,1H3,(H,19,21);4H,2-3,6H2,1H3,(H,7,8)(H,9,10);1H3/t11-,15+;;/m0../s1. The van der Waals surface area contributed by atoms with Crippen molar-refractivity contribution in [2.75, 3.05) is 12.8 Å². The van der Waals surface area contributed by atoms with Gasteiger partial charge in [0.1, 0.15) is 6.04 Å². The zero-order chi connectivity index (χ0) is 25.5. The lowest BCUT2D eigenvalue weighted by atomic mass is 9.96. The Morgan fingerprint density at radius 1 is 1.26 bits per heavy atom. The summed E-state index contributed by atoms with van der Waals surface area (Å²) < 4.78 is 10.6. The number of carbonyl (C=O) groups excluding carboxylic acids is 2. The van der Waals surface area contributed by atoms with E-state index in [4.69, 9.17) is 27.3 Å². The first-order chi connectivity index (χ1) is 15.9. The molecule has 0 radical (unpaired) electrons. The minimum Gasteiger partial charge on any atom is -0.480 e. The lowest BCUT2D eigenvalue weighted by Gasteiger charge is -2.27. The van der Waals surface area contributed by atoms with Crippen LogP contribution in [0.1, 0.15) is 56.3 Å². The molecular weight excluding hydrogens is 515 g/mol. The lowest BCUT2D eigenvalue weighted by Crippen LogP contribution is -2.48. The van der Waals surface area contributed by atoms with E-state index in [1.165, 1.54) is 29.7 Å². The van der Waals surface area contributed by atoms with Gasteiger partial charge in [0.25, 0.3) is 5.24 Å². The Kier molecular flexibility index (Phi) is 12.7. The third kappa shape index (κ3) is 10.1. The molecule has 8 N–H and O–H groups in total. The van der Waals surface area contributed by atoms with Crippen molar-refractivity contribution in [3.63, 3.8) is 0 Å². The number of nitrogens with two attached hydrogens (primary N) is 1. The molecule has 198 valence electrons. The van der Waals surface area contributed by atoms with Crippen LogP contribution in [0.25, 0.3) is 0 Å². The molecule has 3 amide bonds. The number of nitrogens with zero attached hydrogens (tertiary/aromatic N) is 1. The molecule has 2 unspecified atom stereocenters. The molecule has 35 heavy (non-hydrogen) atoms. The zero-order valence-corrected chi connectivity index (χ0v) is 22.5. The fourth-order valence-electron chi connectivity index (χ4n) is 3.83. The SMILES string of the molecule is CP(=O)(O)CCC(N)C(=O)O.C[C@H]1[C@H](c2ccc(Cl)cc2)SC(=O)N1C(=O)NC1CCCCC1.N. The normalized spacial score (nSPS) is 22.8. The van der Waals surface area contributed by atoms with Crippen molar-refractivity contribution in [3.8, 4) is 0 Å². The number of carboxylic acids is 1. The summed E-state index contributed by atoms with van der Waals surface area (Å²) in [6.45, 7) is 3.11. The van der Waals surface area contributed by atoms with Crippen molar-refractivity contribution >= 4 is 48.0 Å². The maximum absolute atomic E-state index is 12.5. The highest BCUT2D eigenvalue weighted by atomic mass is 35.5. The first-order valence-electron chi connectivity index (χ1n) is 11.2. The lowest BCUT2D eigenvalue weighted by molar-refractivity contribution is -0.138. The number of hydrogen-bond donors (Lipinski definition) is 5. The molecule has 0 bridgehead atoms. The molecule has 1 aromatic carbocycles. The molecule has 2 aliphatic rings. The van der Waals surface area contributed by atoms with Crippen molar-refractivity contribution in [2.24, 2.45) is 5.73 Å². The Morgan fingerprint density at radius 3 is 2.34 bits per heavy atom. The number of urea groups is 1. The van der Waals surface area contributed by atoms with E-state index in [1.54, 1.807) is 0 Å². The average molecular weight is 551 g/mol. The number of imide groups is 1. The number of carboxylic acid groups (broad SMARTS) is 1. The van der Waals surface area contributed by atoms with Gasteiger partial charge >= 0.3 is 12.0 Å². The molecule has 1 heterocycles. The number of halogens is 1. The average Bonchev–Trinajstić information content (AvgIpc) is 3.07. The topological polar surface area (TPSA) is 185 Å². The maximum atomic E-state index is 12.5. The number of benzene rings is 1. The van der Waals surface area contributed by atoms with Gasteiger partial charge in [0.15, 0.2) is 7.37 Å². The van der Waals surface area contributed by atoms with E-state index >= 15 is 0 Å². The Balaban J connectivity index is 0.000000437. The number of thioether (sulfide) groups is 1. The van der Waals surface area contributed by atoms with Crippen LogP contribution in [0.4, 0.5) is 9.59 Å². The van der Waals surface area contributed by atoms with Crippen molar-refractivity contribution in [3.05, 3.63) is 34.9 Å². The third-order valence-corrected chi connectivity index (χ3v) is 8.45. The van der Waals surface area contributed by atoms with Crippen LogP contribution in [-0.2, 0) is 9.36 Å². The molecule has 3 rings (SSSR count). The fourth-order valence-corrected chi connectivity index (χ4v) is 5.90. The molecule has 2 fully saturated rings. The summed E-state index contributed by atoms with van der Waals surface area (Å²) >= 11 is 7.14. The largest absolute Gasteiger partial charge is 0.480 e. The first kappa shape index (κ1) is 31.4. The molecule has 10 nitrogen and oxygen atoms in total. The number of nitrogens with one attached hydrogen (secondary N) is 1. The number of carbonyl (C=O) groups is 3. The van der Waals surface area contributed by atoms with Gasteiger partial charge in [0, 0.05) is 23.9 Å². The van der Waals surface area contributed by atoms with E-state index < -0.39 is 19.4 Å². The summed E-state index contributed by atoms with van der Waals surface area (Å²) in [5.74, 6) is -1.14. The molecule has 4 atom stereocenters. The van der Waals surface area contributed by atoms with Crippen LogP contribution >= 0.6 is 30.7 Å². The first-order valence-corrected chi connectivity index (χ1v) is 14.8. The maximum Gasteiger partial charge on any atom is 0.325 e. The van der Waals surface area contributed by atoms with Gasteiger partial charge in [-0.05, 0) is 43.9 Å². The van der Waals surface area contributed by atoms with E-state index in [0.29, 0.717) is 5.02 Å². The van der Waals surface area contributed by atoms with E-state index in [2.05, 4.69) is 5.32 Å². The van der Waals surface area contributed by atoms with Gasteiger partial charge in [0.2, 0.25) is 0 Å². The Hall–Kier alpha value is -1.62. The molecule has 13 heteroatoms. The fraction of sp³-hybridized carbons (Fsp3) is 0.591. The van der Waals surface area contributed by atoms with Crippen molar-refractivity contribution in [1.82, 2.24) is 16.4 Å². The molecule has 1 aliphatic heterocycles. The highest BCUT2D eigenvalue weighted by Crippen LogP contribution is 2.43. The number of aliphatic carboxylic acids is 1. The van der Waals surface area contributed by atoms with E-state index in [1.807, 2.05) is 31.2 Å². The molecule has 1 aliphatic carbocycles. The van der Waals surface area contributed by atoms with Gasteiger partial charge in [-0.3, -0.25) is 19.1 Å². The van der Waals surface area contributed by atoms with Crippen LogP contribution in [-0.4, -0.2) is 63.1 Å². The highest BCUT2D eigenvalue weighted by molar-refractivity contribution is 8.14. The summed E-state index contributed by atoms with van der Waals surface area (Å²) in [5.41, 5.74) is 6.11. The Morgan fingerprint density at radius 2 is 1.83 bits per heavy atom. The molecular formula is C22H36ClN4O6PS. The van der Waals surface area contributed by atoms with Gasteiger partial charge < -0.3 is 27.2 Å². The molecule has 0 spiro atoms. The van der Waals surface area contributed by atoms with Gasteiger partial charge in [-0.25, -0.2) is 4.79 Å². The van der Waals surface area contributed by atoms with Crippen LogP contribution in [0.2, 0.25) is 5.02 Å². The van der Waals surface area contributed by atoms with E-state index in [0.717, 1.165) is 31.2 Å². The molecule has 1 saturated heterocycles. The summed E-state index contributed by atoms with van der Waals surface area (Å²) in [5, 5.41) is 11.8. The Labute approximate surface area is 215 Å². The van der Waals surface area contributed by atoms with Crippen LogP contribution < -0.4 is 17.2 Å². The summed E-state index contributed by atoms with van der Waals surface area (Å²) in [6.07, 6.45) is 5.55. The molecule has 1 saturated carbocycles. The van der Waals surface area contributed by atoms with E-state index in [-0.39, 0.29) is 47.3 Å². The van der Waals surface area contributed by atoms with Crippen LogP contribution in [0.5, 0.6) is 0 Å². The zero-order valence-electron chi connectivity index (χ0n) is 20.1. The number of amides is 3. The summed E-state index contributed by atoms with van der Waals surface area (Å²) in [4.78, 5) is 45.1. The number of hydrogen-bond acceptors (Lipinski definition) is 7. The Bertz CT molecular complexity index is 910. The van der Waals surface area contributed by atoms with Gasteiger partial charge in [0.05, 0.1) is 11.3 Å². The predicted molar refractivity (Wildman–Crippen MR) is 140 cm³/mol. The number of rotatable bonds is 6. The van der Waals surface area contributed by atoms with Gasteiger partial charge in [-0.15, -0.1) is 0 Å². The quantitative estimate of drug-likeness (QED) is 0.309. The second kappa shape index (κ2) is 14.2. The smallest absolute Gasteiger partial charge is 0.325 e. The molecule has 1 aromatic rings. The van der Waals surface area contributed by atoms with Gasteiger partial charge in [-0.2, -0.15) is 0 Å². The minimum absolute atomic E-state index is 0. The second-order valence-corrected chi connectivity index (χ2v) is 12.8. The second-order valence-electron chi connectivity index (χ2n) is 8.76. The van der Waals surface area contributed by atoms with Crippen LogP contribution in [0.3, 0.4) is 0 Å². The predicted octanol–water partition coefficient (Wildman–Crippen LogP) is 4.83. The molecule has 0 aromatic heterocycles. The highest BCUT2D eigenvalue weighted by Gasteiger charge is 2.42. The monoisotopic (exact) mass is 550 g/mol. The van der Waals surface area contributed by atoms with E-state index in [9.17, 15) is 18.9 Å².